The van der Waals surface area contributed by atoms with Gasteiger partial charge < -0.3 is 9.47 Å². The average molecular weight is 299 g/mol. The Bertz CT molecular complexity index is 417. The highest BCUT2D eigenvalue weighted by molar-refractivity contribution is 9.09. The van der Waals surface area contributed by atoms with Crippen molar-refractivity contribution in [2.75, 3.05) is 12.4 Å². The first-order valence-corrected chi connectivity index (χ1v) is 6.79. The molecule has 0 aromatic heterocycles. The number of methoxy groups -OCH3 is 1. The van der Waals surface area contributed by atoms with Gasteiger partial charge in [0.1, 0.15) is 17.2 Å². The van der Waals surface area contributed by atoms with E-state index in [0.717, 1.165) is 30.6 Å². The maximum Gasteiger partial charge on any atom is 0.317 e. The molecule has 0 fully saturated rings. The number of hydrogen-bond acceptors (Lipinski definition) is 3. The van der Waals surface area contributed by atoms with Gasteiger partial charge in [0.2, 0.25) is 0 Å². The second kappa shape index (κ2) is 5.54. The minimum Gasteiger partial charge on any atom is -0.496 e. The van der Waals surface area contributed by atoms with Crippen LogP contribution < -0.4 is 4.74 Å². The number of ether oxygens (including phenoxy) is 2. The van der Waals surface area contributed by atoms with E-state index in [2.05, 4.69) is 15.9 Å². The molecule has 1 atom stereocenters. The van der Waals surface area contributed by atoms with E-state index in [1.807, 2.05) is 18.2 Å². The van der Waals surface area contributed by atoms with Crippen molar-refractivity contribution in [3.63, 3.8) is 0 Å². The Hall–Kier alpha value is -1.03. The number of hydrogen-bond donors (Lipinski definition) is 0. The van der Waals surface area contributed by atoms with Gasteiger partial charge in [-0.1, -0.05) is 28.1 Å². The SMILES string of the molecule is COc1cccc2c1CCCC2OC(=O)CBr. The number of halogens is 1. The molecule has 1 aromatic carbocycles. The van der Waals surface area contributed by atoms with Crippen molar-refractivity contribution in [2.45, 2.75) is 25.4 Å². The van der Waals surface area contributed by atoms with E-state index in [0.29, 0.717) is 0 Å². The first-order chi connectivity index (χ1) is 8.26. The maximum absolute atomic E-state index is 11.3. The van der Waals surface area contributed by atoms with E-state index in [9.17, 15) is 4.79 Å². The molecule has 0 saturated carbocycles. The van der Waals surface area contributed by atoms with Gasteiger partial charge in [0.05, 0.1) is 7.11 Å². The maximum atomic E-state index is 11.3. The molecule has 0 amide bonds. The van der Waals surface area contributed by atoms with Crippen LogP contribution in [0.5, 0.6) is 5.75 Å². The van der Waals surface area contributed by atoms with Crippen molar-refractivity contribution < 1.29 is 14.3 Å². The number of esters is 1. The number of alkyl halides is 1. The molecule has 0 saturated heterocycles. The molecule has 4 heteroatoms. The van der Waals surface area contributed by atoms with Gasteiger partial charge in [0.15, 0.2) is 0 Å². The Morgan fingerprint density at radius 3 is 3.06 bits per heavy atom. The third-order valence-corrected chi connectivity index (χ3v) is 3.47. The van der Waals surface area contributed by atoms with Gasteiger partial charge in [-0.15, -0.1) is 0 Å². The van der Waals surface area contributed by atoms with Crippen LogP contribution in [0.25, 0.3) is 0 Å². The summed E-state index contributed by atoms with van der Waals surface area (Å²) in [4.78, 5) is 11.3. The largest absolute Gasteiger partial charge is 0.496 e. The number of rotatable bonds is 3. The Morgan fingerprint density at radius 2 is 2.35 bits per heavy atom. The molecule has 0 radical (unpaired) electrons. The smallest absolute Gasteiger partial charge is 0.317 e. The van der Waals surface area contributed by atoms with Crippen LogP contribution in [0.2, 0.25) is 0 Å². The van der Waals surface area contributed by atoms with Gasteiger partial charge in [0, 0.05) is 5.56 Å². The standard InChI is InChI=1S/C13H15BrO3/c1-16-11-6-2-5-10-9(11)4-3-7-12(10)17-13(15)8-14/h2,5-6,12H,3-4,7-8H2,1H3. The van der Waals surface area contributed by atoms with Gasteiger partial charge in [0.25, 0.3) is 0 Å². The molecular formula is C13H15BrO3. The highest BCUT2D eigenvalue weighted by atomic mass is 79.9. The van der Waals surface area contributed by atoms with E-state index >= 15 is 0 Å². The van der Waals surface area contributed by atoms with Gasteiger partial charge in [-0.05, 0) is 30.9 Å². The lowest BCUT2D eigenvalue weighted by molar-refractivity contribution is -0.146. The fraction of sp³-hybridized carbons (Fsp3) is 0.462. The number of carbonyl (C=O) groups is 1. The Kier molecular flexibility index (Phi) is 4.05. The minimum absolute atomic E-state index is 0.126. The Balaban J connectivity index is 2.28. The molecule has 0 aliphatic heterocycles. The van der Waals surface area contributed by atoms with Crippen molar-refractivity contribution in [1.29, 1.82) is 0 Å². The predicted molar refractivity (Wildman–Crippen MR) is 68.6 cm³/mol. The second-order valence-electron chi connectivity index (χ2n) is 4.03. The summed E-state index contributed by atoms with van der Waals surface area (Å²) in [6.45, 7) is 0. The second-order valence-corrected chi connectivity index (χ2v) is 4.59. The van der Waals surface area contributed by atoms with Crippen molar-refractivity contribution in [2.24, 2.45) is 0 Å². The lowest BCUT2D eigenvalue weighted by atomic mass is 9.88. The minimum atomic E-state index is -0.217. The predicted octanol–water partition coefficient (Wildman–Crippen LogP) is 3.01. The molecular weight excluding hydrogens is 284 g/mol. The van der Waals surface area contributed by atoms with Gasteiger partial charge in [-0.2, -0.15) is 0 Å². The van der Waals surface area contributed by atoms with E-state index in [1.54, 1.807) is 7.11 Å². The molecule has 1 unspecified atom stereocenters. The Morgan fingerprint density at radius 1 is 1.53 bits per heavy atom. The monoisotopic (exact) mass is 298 g/mol. The van der Waals surface area contributed by atoms with Crippen molar-refractivity contribution in [3.05, 3.63) is 29.3 Å². The summed E-state index contributed by atoms with van der Waals surface area (Å²) in [6.07, 6.45) is 2.77. The van der Waals surface area contributed by atoms with Crippen molar-refractivity contribution in [1.82, 2.24) is 0 Å². The van der Waals surface area contributed by atoms with Crippen LogP contribution in [0.4, 0.5) is 0 Å². The molecule has 0 heterocycles. The highest BCUT2D eigenvalue weighted by Gasteiger charge is 2.25. The summed E-state index contributed by atoms with van der Waals surface area (Å²) in [5.41, 5.74) is 2.26. The Labute approximate surface area is 109 Å². The summed E-state index contributed by atoms with van der Waals surface area (Å²) in [5.74, 6) is 0.674. The molecule has 0 N–H and O–H groups in total. The van der Waals surface area contributed by atoms with Crippen LogP contribution in [0.1, 0.15) is 30.1 Å². The zero-order valence-corrected chi connectivity index (χ0v) is 11.3. The summed E-state index contributed by atoms with van der Waals surface area (Å²) in [7, 11) is 1.67. The first-order valence-electron chi connectivity index (χ1n) is 5.67. The highest BCUT2D eigenvalue weighted by Crippen LogP contribution is 2.37. The van der Waals surface area contributed by atoms with Crippen LogP contribution in [0, 0.1) is 0 Å². The van der Waals surface area contributed by atoms with Crippen molar-refractivity contribution in [3.8, 4) is 5.75 Å². The normalized spacial score (nSPS) is 18.4. The molecule has 3 nitrogen and oxygen atoms in total. The van der Waals surface area contributed by atoms with E-state index < -0.39 is 0 Å². The quantitative estimate of drug-likeness (QED) is 0.636. The number of carbonyl (C=O) groups excluding carboxylic acids is 1. The summed E-state index contributed by atoms with van der Waals surface area (Å²) >= 11 is 3.11. The molecule has 92 valence electrons. The number of benzene rings is 1. The van der Waals surface area contributed by atoms with Crippen LogP contribution in [0.15, 0.2) is 18.2 Å². The molecule has 1 aliphatic rings. The van der Waals surface area contributed by atoms with Gasteiger partial charge in [-0.25, -0.2) is 0 Å². The van der Waals surface area contributed by atoms with Crippen LogP contribution in [-0.2, 0) is 16.0 Å². The first kappa shape index (κ1) is 12.4. The molecule has 2 rings (SSSR count). The molecule has 1 aliphatic carbocycles. The molecule has 1 aromatic rings. The summed E-state index contributed by atoms with van der Waals surface area (Å²) in [6, 6.07) is 5.91. The third kappa shape index (κ3) is 2.63. The molecule has 17 heavy (non-hydrogen) atoms. The third-order valence-electron chi connectivity index (χ3n) is 3.01. The van der Waals surface area contributed by atoms with Crippen molar-refractivity contribution >= 4 is 21.9 Å². The lowest BCUT2D eigenvalue weighted by Crippen LogP contribution is -2.17. The molecule has 0 spiro atoms. The zero-order valence-electron chi connectivity index (χ0n) is 9.74. The van der Waals surface area contributed by atoms with E-state index in [4.69, 9.17) is 9.47 Å². The van der Waals surface area contributed by atoms with Crippen LogP contribution >= 0.6 is 15.9 Å². The summed E-state index contributed by atoms with van der Waals surface area (Å²) < 4.78 is 10.8. The molecule has 0 bridgehead atoms. The fourth-order valence-electron chi connectivity index (χ4n) is 2.28. The fourth-order valence-corrected chi connectivity index (χ4v) is 2.41. The van der Waals surface area contributed by atoms with Crippen LogP contribution in [0.3, 0.4) is 0 Å². The zero-order chi connectivity index (χ0) is 12.3. The summed E-state index contributed by atoms with van der Waals surface area (Å²) in [5, 5.41) is 0.239. The van der Waals surface area contributed by atoms with E-state index in [1.165, 1.54) is 5.56 Å². The number of fused-ring (bicyclic) bond motifs is 1. The van der Waals surface area contributed by atoms with Crippen LogP contribution in [-0.4, -0.2) is 18.4 Å². The van der Waals surface area contributed by atoms with Gasteiger partial charge >= 0.3 is 5.97 Å². The topological polar surface area (TPSA) is 35.5 Å². The lowest BCUT2D eigenvalue weighted by Gasteiger charge is -2.26. The van der Waals surface area contributed by atoms with Gasteiger partial charge in [-0.3, -0.25) is 4.79 Å². The average Bonchev–Trinajstić information content (AvgIpc) is 2.38. The van der Waals surface area contributed by atoms with E-state index in [-0.39, 0.29) is 17.4 Å².